The molecule has 2 aliphatic heterocycles. The SMILES string of the molecule is CCOC(=O)c1ccc(-c2ccc(/C=C3\SC(=O)N(CC(=O)N4CCN(c5ccccc5)CC4)C3=O)o2)cc1. The molecule has 0 bridgehead atoms. The van der Waals surface area contributed by atoms with Crippen molar-refractivity contribution in [2.24, 2.45) is 0 Å². The molecular weight excluding hydrogens is 518 g/mol. The molecule has 39 heavy (non-hydrogen) atoms. The summed E-state index contributed by atoms with van der Waals surface area (Å²) in [6, 6.07) is 20.2. The van der Waals surface area contributed by atoms with Crippen LogP contribution in [0.3, 0.4) is 0 Å². The Balaban J connectivity index is 1.19. The maximum absolute atomic E-state index is 13.0. The highest BCUT2D eigenvalue weighted by Gasteiger charge is 2.37. The minimum Gasteiger partial charge on any atom is -0.462 e. The zero-order chi connectivity index (χ0) is 27.4. The number of esters is 1. The fraction of sp³-hybridized carbons (Fsp3) is 0.241. The van der Waals surface area contributed by atoms with Gasteiger partial charge in [-0.2, -0.15) is 0 Å². The van der Waals surface area contributed by atoms with Crippen molar-refractivity contribution in [2.45, 2.75) is 6.92 Å². The van der Waals surface area contributed by atoms with Crippen LogP contribution in [0.5, 0.6) is 0 Å². The van der Waals surface area contributed by atoms with E-state index < -0.39 is 17.1 Å². The van der Waals surface area contributed by atoms with Crippen LogP contribution in [0, 0.1) is 0 Å². The summed E-state index contributed by atoms with van der Waals surface area (Å²) in [6.07, 6.45) is 1.50. The predicted octanol–water partition coefficient (Wildman–Crippen LogP) is 4.51. The second-order valence-electron chi connectivity index (χ2n) is 8.97. The standard InChI is InChI=1S/C29H27N3O6S/c1-2-37-28(35)21-10-8-20(9-11-21)24-13-12-23(38-24)18-25-27(34)32(29(36)39-25)19-26(33)31-16-14-30(15-17-31)22-6-4-3-5-7-22/h3-13,18H,2,14-17,19H2,1H3/b25-18-. The topological polar surface area (TPSA) is 100 Å². The zero-order valence-corrected chi connectivity index (χ0v) is 22.2. The minimum atomic E-state index is -0.516. The largest absolute Gasteiger partial charge is 0.462 e. The van der Waals surface area contributed by atoms with Crippen molar-refractivity contribution >= 4 is 46.5 Å². The van der Waals surface area contributed by atoms with Crippen LogP contribution in [0.2, 0.25) is 0 Å². The van der Waals surface area contributed by atoms with E-state index in [0.29, 0.717) is 49.9 Å². The van der Waals surface area contributed by atoms with Crippen molar-refractivity contribution < 1.29 is 28.3 Å². The number of ether oxygens (including phenoxy) is 1. The number of hydrogen-bond donors (Lipinski definition) is 0. The Morgan fingerprint density at radius 1 is 0.949 bits per heavy atom. The average molecular weight is 546 g/mol. The fourth-order valence-electron chi connectivity index (χ4n) is 4.42. The van der Waals surface area contributed by atoms with Crippen molar-refractivity contribution in [2.75, 3.05) is 44.2 Å². The molecular formula is C29H27N3O6S. The van der Waals surface area contributed by atoms with Crippen LogP contribution in [0.1, 0.15) is 23.0 Å². The van der Waals surface area contributed by atoms with E-state index in [-0.39, 0.29) is 17.4 Å². The van der Waals surface area contributed by atoms with Crippen LogP contribution >= 0.6 is 11.8 Å². The molecule has 200 valence electrons. The van der Waals surface area contributed by atoms with Crippen LogP contribution in [-0.2, 0) is 14.3 Å². The molecule has 2 saturated heterocycles. The summed E-state index contributed by atoms with van der Waals surface area (Å²) in [6.45, 7) is 4.17. The Morgan fingerprint density at radius 3 is 2.36 bits per heavy atom. The molecule has 3 aromatic rings. The number of imide groups is 1. The van der Waals surface area contributed by atoms with E-state index in [2.05, 4.69) is 4.90 Å². The lowest BCUT2D eigenvalue weighted by Gasteiger charge is -2.36. The van der Waals surface area contributed by atoms with E-state index in [9.17, 15) is 19.2 Å². The number of benzene rings is 2. The van der Waals surface area contributed by atoms with Crippen molar-refractivity contribution in [1.29, 1.82) is 0 Å². The second kappa shape index (κ2) is 11.6. The van der Waals surface area contributed by atoms with Crippen LogP contribution in [0.4, 0.5) is 10.5 Å². The van der Waals surface area contributed by atoms with Crippen molar-refractivity contribution in [3.8, 4) is 11.3 Å². The zero-order valence-electron chi connectivity index (χ0n) is 21.4. The minimum absolute atomic E-state index is 0.195. The molecule has 5 rings (SSSR count). The van der Waals surface area contributed by atoms with Crippen LogP contribution in [0.25, 0.3) is 17.4 Å². The second-order valence-corrected chi connectivity index (χ2v) is 9.96. The van der Waals surface area contributed by atoms with E-state index in [4.69, 9.17) is 9.15 Å². The average Bonchev–Trinajstić information content (AvgIpc) is 3.54. The summed E-state index contributed by atoms with van der Waals surface area (Å²) < 4.78 is 10.9. The van der Waals surface area contributed by atoms with Gasteiger partial charge in [-0.15, -0.1) is 0 Å². The number of thioether (sulfide) groups is 1. The van der Waals surface area contributed by atoms with Gasteiger partial charge in [0, 0.05) is 43.5 Å². The molecule has 2 aromatic carbocycles. The van der Waals surface area contributed by atoms with Gasteiger partial charge in [0.15, 0.2) is 0 Å². The number of anilines is 1. The normalized spacial score (nSPS) is 16.7. The quantitative estimate of drug-likeness (QED) is 0.316. The highest BCUT2D eigenvalue weighted by Crippen LogP contribution is 2.33. The van der Waals surface area contributed by atoms with Gasteiger partial charge in [0.05, 0.1) is 17.1 Å². The molecule has 2 fully saturated rings. The van der Waals surface area contributed by atoms with E-state index in [1.807, 2.05) is 30.3 Å². The summed E-state index contributed by atoms with van der Waals surface area (Å²) in [4.78, 5) is 55.4. The van der Waals surface area contributed by atoms with Gasteiger partial charge in [-0.05, 0) is 55.1 Å². The van der Waals surface area contributed by atoms with Gasteiger partial charge >= 0.3 is 5.97 Å². The monoisotopic (exact) mass is 545 g/mol. The van der Waals surface area contributed by atoms with Gasteiger partial charge in [-0.1, -0.05) is 30.3 Å². The first-order chi connectivity index (χ1) is 18.9. The first-order valence-corrected chi connectivity index (χ1v) is 13.4. The third kappa shape index (κ3) is 5.91. The number of hydrogen-bond acceptors (Lipinski definition) is 8. The molecule has 0 unspecified atom stereocenters. The number of para-hydroxylation sites is 1. The summed E-state index contributed by atoms with van der Waals surface area (Å²) in [5, 5.41) is -0.483. The molecule has 9 nitrogen and oxygen atoms in total. The van der Waals surface area contributed by atoms with Gasteiger partial charge in [-0.25, -0.2) is 4.79 Å². The Bertz CT molecular complexity index is 1410. The van der Waals surface area contributed by atoms with E-state index in [1.165, 1.54) is 6.08 Å². The fourth-order valence-corrected chi connectivity index (χ4v) is 5.24. The molecule has 0 N–H and O–H groups in total. The molecule has 0 aliphatic carbocycles. The maximum atomic E-state index is 13.0. The molecule has 0 atom stereocenters. The van der Waals surface area contributed by atoms with Crippen LogP contribution in [-0.4, -0.2) is 72.2 Å². The summed E-state index contributed by atoms with van der Waals surface area (Å²) in [5.74, 6) is -0.224. The summed E-state index contributed by atoms with van der Waals surface area (Å²) in [7, 11) is 0. The van der Waals surface area contributed by atoms with Gasteiger partial charge in [0.1, 0.15) is 18.1 Å². The van der Waals surface area contributed by atoms with Crippen molar-refractivity contribution in [3.63, 3.8) is 0 Å². The lowest BCUT2D eigenvalue weighted by molar-refractivity contribution is -0.136. The highest BCUT2D eigenvalue weighted by molar-refractivity contribution is 8.18. The molecule has 3 heterocycles. The van der Waals surface area contributed by atoms with E-state index in [0.717, 1.165) is 27.9 Å². The smallest absolute Gasteiger partial charge is 0.338 e. The van der Waals surface area contributed by atoms with Crippen molar-refractivity contribution in [3.05, 3.63) is 83.0 Å². The first-order valence-electron chi connectivity index (χ1n) is 12.6. The number of furan rings is 1. The molecule has 0 saturated carbocycles. The maximum Gasteiger partial charge on any atom is 0.338 e. The third-order valence-electron chi connectivity index (χ3n) is 6.50. The molecule has 0 radical (unpaired) electrons. The first kappa shape index (κ1) is 26.3. The third-order valence-corrected chi connectivity index (χ3v) is 7.41. The predicted molar refractivity (Wildman–Crippen MR) is 148 cm³/mol. The van der Waals surface area contributed by atoms with Crippen molar-refractivity contribution in [1.82, 2.24) is 9.80 Å². The number of carbonyl (C=O) groups is 4. The van der Waals surface area contributed by atoms with E-state index in [1.54, 1.807) is 48.2 Å². The van der Waals surface area contributed by atoms with Crippen LogP contribution in [0.15, 0.2) is 76.1 Å². The lowest BCUT2D eigenvalue weighted by atomic mass is 10.1. The molecule has 1 aromatic heterocycles. The summed E-state index contributed by atoms with van der Waals surface area (Å²) >= 11 is 0.786. The highest BCUT2D eigenvalue weighted by atomic mass is 32.2. The van der Waals surface area contributed by atoms with Crippen LogP contribution < -0.4 is 4.90 Å². The number of amides is 3. The molecule has 10 heteroatoms. The number of piperazine rings is 1. The molecule has 0 spiro atoms. The lowest BCUT2D eigenvalue weighted by Crippen LogP contribution is -2.51. The number of carbonyl (C=O) groups excluding carboxylic acids is 4. The number of nitrogens with zero attached hydrogens (tertiary/aromatic N) is 3. The molecule has 3 amide bonds. The Hall–Kier alpha value is -4.31. The van der Waals surface area contributed by atoms with E-state index >= 15 is 0 Å². The van der Waals surface area contributed by atoms with Gasteiger partial charge < -0.3 is 19.0 Å². The Labute approximate surface area is 230 Å². The van der Waals surface area contributed by atoms with Gasteiger partial charge in [-0.3, -0.25) is 19.3 Å². The Morgan fingerprint density at radius 2 is 1.67 bits per heavy atom. The van der Waals surface area contributed by atoms with Gasteiger partial charge in [0.2, 0.25) is 5.91 Å². The Kier molecular flexibility index (Phi) is 7.83. The molecule has 2 aliphatic rings. The number of rotatable bonds is 7. The summed E-state index contributed by atoms with van der Waals surface area (Å²) in [5.41, 5.74) is 2.29. The van der Waals surface area contributed by atoms with Gasteiger partial charge in [0.25, 0.3) is 11.1 Å².